The van der Waals surface area contributed by atoms with Gasteiger partial charge < -0.3 is 14.6 Å². The van der Waals surface area contributed by atoms with Crippen LogP contribution in [0.25, 0.3) is 11.0 Å². The van der Waals surface area contributed by atoms with Gasteiger partial charge in [0.15, 0.2) is 0 Å². The maximum absolute atomic E-state index is 6.28. The predicted molar refractivity (Wildman–Crippen MR) is 89.3 cm³/mol. The molecule has 0 bridgehead atoms. The Balaban J connectivity index is 1.77. The monoisotopic (exact) mass is 300 g/mol. The summed E-state index contributed by atoms with van der Waals surface area (Å²) in [6.45, 7) is 0.703. The number of rotatable bonds is 4. The number of nitrogens with one attached hydrogen (secondary N) is 1. The number of benzene rings is 2. The molecule has 4 heteroatoms. The zero-order valence-electron chi connectivity index (χ0n) is 12.1. The normalized spacial score (nSPS) is 10.8. The standard InChI is InChI=1S/C17H17ClN2O/c1-20(2)16-8-7-13(9-15(16)18)19-10-12-11-21-17-6-4-3-5-14(12)17/h3-9,11,19H,10H2,1-2H3. The molecule has 0 unspecified atom stereocenters. The summed E-state index contributed by atoms with van der Waals surface area (Å²) in [4.78, 5) is 2.00. The summed E-state index contributed by atoms with van der Waals surface area (Å²) in [5, 5.41) is 5.26. The first-order chi connectivity index (χ1) is 10.1. The van der Waals surface area contributed by atoms with E-state index in [1.54, 1.807) is 6.26 Å². The van der Waals surface area contributed by atoms with Crippen molar-refractivity contribution in [2.24, 2.45) is 0 Å². The van der Waals surface area contributed by atoms with Crippen molar-refractivity contribution < 1.29 is 4.42 Å². The summed E-state index contributed by atoms with van der Waals surface area (Å²) in [6.07, 6.45) is 1.80. The number of nitrogens with zero attached hydrogens (tertiary/aromatic N) is 1. The van der Waals surface area contributed by atoms with Crippen LogP contribution in [0.3, 0.4) is 0 Å². The van der Waals surface area contributed by atoms with Crippen LogP contribution in [-0.4, -0.2) is 14.1 Å². The van der Waals surface area contributed by atoms with Crippen LogP contribution in [0.4, 0.5) is 11.4 Å². The average Bonchev–Trinajstić information content (AvgIpc) is 2.88. The van der Waals surface area contributed by atoms with Crippen molar-refractivity contribution in [2.75, 3.05) is 24.3 Å². The smallest absolute Gasteiger partial charge is 0.134 e. The van der Waals surface area contributed by atoms with Crippen molar-refractivity contribution in [3.8, 4) is 0 Å². The second-order valence-corrected chi connectivity index (χ2v) is 5.58. The average molecular weight is 301 g/mol. The van der Waals surface area contributed by atoms with Crippen LogP contribution < -0.4 is 10.2 Å². The Morgan fingerprint density at radius 3 is 2.71 bits per heavy atom. The number of hydrogen-bond donors (Lipinski definition) is 1. The van der Waals surface area contributed by atoms with Crippen LogP contribution in [0.15, 0.2) is 53.1 Å². The summed E-state index contributed by atoms with van der Waals surface area (Å²) < 4.78 is 5.54. The van der Waals surface area contributed by atoms with E-state index in [0.29, 0.717) is 6.54 Å². The lowest BCUT2D eigenvalue weighted by atomic mass is 10.2. The van der Waals surface area contributed by atoms with E-state index < -0.39 is 0 Å². The van der Waals surface area contributed by atoms with Crippen LogP contribution in [0.2, 0.25) is 5.02 Å². The van der Waals surface area contributed by atoms with Gasteiger partial charge in [-0.25, -0.2) is 0 Å². The molecule has 1 heterocycles. The van der Waals surface area contributed by atoms with Gasteiger partial charge in [-0.2, -0.15) is 0 Å². The van der Waals surface area contributed by atoms with E-state index in [1.807, 2.05) is 55.4 Å². The van der Waals surface area contributed by atoms with E-state index in [1.165, 1.54) is 0 Å². The number of para-hydroxylation sites is 1. The van der Waals surface area contributed by atoms with Crippen molar-refractivity contribution in [2.45, 2.75) is 6.54 Å². The SMILES string of the molecule is CN(C)c1ccc(NCc2coc3ccccc23)cc1Cl. The van der Waals surface area contributed by atoms with E-state index in [0.717, 1.165) is 32.9 Å². The minimum Gasteiger partial charge on any atom is -0.464 e. The van der Waals surface area contributed by atoms with E-state index in [-0.39, 0.29) is 0 Å². The summed E-state index contributed by atoms with van der Waals surface area (Å²) in [5.41, 5.74) is 4.06. The van der Waals surface area contributed by atoms with Gasteiger partial charge in [-0.05, 0) is 24.3 Å². The van der Waals surface area contributed by atoms with Crippen LogP contribution in [0, 0.1) is 0 Å². The summed E-state index contributed by atoms with van der Waals surface area (Å²) in [5.74, 6) is 0. The van der Waals surface area contributed by atoms with Crippen LogP contribution in [-0.2, 0) is 6.54 Å². The molecule has 3 nitrogen and oxygen atoms in total. The zero-order valence-corrected chi connectivity index (χ0v) is 12.8. The van der Waals surface area contributed by atoms with Gasteiger partial charge in [0.1, 0.15) is 5.58 Å². The van der Waals surface area contributed by atoms with Gasteiger partial charge in [0.2, 0.25) is 0 Å². The summed E-state index contributed by atoms with van der Waals surface area (Å²) >= 11 is 6.28. The third-order valence-electron chi connectivity index (χ3n) is 3.47. The lowest BCUT2D eigenvalue weighted by Crippen LogP contribution is -2.09. The van der Waals surface area contributed by atoms with Gasteiger partial charge in [0, 0.05) is 37.3 Å². The molecular weight excluding hydrogens is 284 g/mol. The molecule has 0 amide bonds. The quantitative estimate of drug-likeness (QED) is 0.752. The molecule has 0 aliphatic carbocycles. The maximum atomic E-state index is 6.28. The fourth-order valence-electron chi connectivity index (χ4n) is 2.35. The zero-order chi connectivity index (χ0) is 14.8. The van der Waals surface area contributed by atoms with Crippen molar-refractivity contribution in [3.63, 3.8) is 0 Å². The first kappa shape index (κ1) is 13.8. The largest absolute Gasteiger partial charge is 0.464 e. The molecule has 0 aliphatic heterocycles. The van der Waals surface area contributed by atoms with Gasteiger partial charge >= 0.3 is 0 Å². The molecule has 108 valence electrons. The van der Waals surface area contributed by atoms with E-state index in [2.05, 4.69) is 11.4 Å². The predicted octanol–water partition coefficient (Wildman–Crippen LogP) is 4.76. The minimum atomic E-state index is 0.703. The fourth-order valence-corrected chi connectivity index (χ4v) is 2.70. The van der Waals surface area contributed by atoms with E-state index in [4.69, 9.17) is 16.0 Å². The molecule has 0 fully saturated rings. The fraction of sp³-hybridized carbons (Fsp3) is 0.176. The summed E-state index contributed by atoms with van der Waals surface area (Å²) in [7, 11) is 3.96. The molecule has 0 saturated carbocycles. The van der Waals surface area contributed by atoms with Crippen LogP contribution >= 0.6 is 11.6 Å². The van der Waals surface area contributed by atoms with Crippen molar-refractivity contribution in [1.29, 1.82) is 0 Å². The highest BCUT2D eigenvalue weighted by Gasteiger charge is 2.06. The van der Waals surface area contributed by atoms with Crippen LogP contribution in [0.1, 0.15) is 5.56 Å². The molecule has 2 aromatic carbocycles. The van der Waals surface area contributed by atoms with E-state index in [9.17, 15) is 0 Å². The van der Waals surface area contributed by atoms with Crippen molar-refractivity contribution in [3.05, 3.63) is 59.3 Å². The highest BCUT2D eigenvalue weighted by Crippen LogP contribution is 2.28. The molecule has 0 radical (unpaired) electrons. The van der Waals surface area contributed by atoms with Crippen molar-refractivity contribution in [1.82, 2.24) is 0 Å². The number of halogens is 1. The highest BCUT2D eigenvalue weighted by molar-refractivity contribution is 6.33. The number of anilines is 2. The maximum Gasteiger partial charge on any atom is 0.134 e. The Labute approximate surface area is 129 Å². The molecule has 1 N–H and O–H groups in total. The molecular formula is C17H17ClN2O. The van der Waals surface area contributed by atoms with Crippen LogP contribution in [0.5, 0.6) is 0 Å². The number of fused-ring (bicyclic) bond motifs is 1. The third kappa shape index (κ3) is 2.83. The molecule has 3 aromatic rings. The van der Waals surface area contributed by atoms with E-state index >= 15 is 0 Å². The van der Waals surface area contributed by atoms with Gasteiger partial charge in [-0.3, -0.25) is 0 Å². The van der Waals surface area contributed by atoms with Gasteiger partial charge in [0.05, 0.1) is 17.0 Å². The number of furan rings is 1. The Morgan fingerprint density at radius 1 is 1.14 bits per heavy atom. The minimum absolute atomic E-state index is 0.703. The molecule has 3 rings (SSSR count). The first-order valence-electron chi connectivity index (χ1n) is 6.81. The van der Waals surface area contributed by atoms with Gasteiger partial charge in [0.25, 0.3) is 0 Å². The Bertz CT molecular complexity index is 764. The lowest BCUT2D eigenvalue weighted by Gasteiger charge is -2.15. The second kappa shape index (κ2) is 5.70. The Morgan fingerprint density at radius 2 is 1.95 bits per heavy atom. The van der Waals surface area contributed by atoms with Gasteiger partial charge in [-0.15, -0.1) is 0 Å². The second-order valence-electron chi connectivity index (χ2n) is 5.17. The topological polar surface area (TPSA) is 28.4 Å². The molecule has 0 atom stereocenters. The molecule has 0 saturated heterocycles. The molecule has 0 aliphatic rings. The Hall–Kier alpha value is -2.13. The Kier molecular flexibility index (Phi) is 3.76. The number of hydrogen-bond acceptors (Lipinski definition) is 3. The highest BCUT2D eigenvalue weighted by atomic mass is 35.5. The van der Waals surface area contributed by atoms with Crippen molar-refractivity contribution >= 4 is 33.9 Å². The molecule has 0 spiro atoms. The molecule has 1 aromatic heterocycles. The summed E-state index contributed by atoms with van der Waals surface area (Å²) in [6, 6.07) is 14.0. The first-order valence-corrected chi connectivity index (χ1v) is 7.19. The van der Waals surface area contributed by atoms with Gasteiger partial charge in [-0.1, -0.05) is 29.8 Å². The molecule has 21 heavy (non-hydrogen) atoms. The third-order valence-corrected chi connectivity index (χ3v) is 3.78. The lowest BCUT2D eigenvalue weighted by molar-refractivity contribution is 0.611.